The van der Waals surface area contributed by atoms with E-state index in [1.165, 1.54) is 11.1 Å². The molecule has 1 aliphatic rings. The highest BCUT2D eigenvalue weighted by Crippen LogP contribution is 2.34. The van der Waals surface area contributed by atoms with E-state index in [1.807, 2.05) is 24.3 Å². The Bertz CT molecular complexity index is 1550. The molecule has 1 saturated carbocycles. The molecule has 0 unspecified atom stereocenters. The molecule has 0 N–H and O–H groups in total. The summed E-state index contributed by atoms with van der Waals surface area (Å²) in [4.78, 5) is 18.4. The fourth-order valence-corrected chi connectivity index (χ4v) is 6.03. The number of hydrogen-bond acceptors (Lipinski definition) is 4. The Hall–Kier alpha value is -2.38. The van der Waals surface area contributed by atoms with Gasteiger partial charge in [0, 0.05) is 32.1 Å². The molecule has 5 rings (SSSR count). The van der Waals surface area contributed by atoms with Crippen LogP contribution in [0.3, 0.4) is 0 Å². The lowest BCUT2D eigenvalue weighted by atomic mass is 9.88. The Labute approximate surface area is 238 Å². The van der Waals surface area contributed by atoms with Gasteiger partial charge < -0.3 is 4.74 Å². The molecular formula is C28H23BrCl3N3O2. The van der Waals surface area contributed by atoms with Crippen molar-refractivity contribution in [3.8, 4) is 5.75 Å². The number of nitrogens with zero attached hydrogens (tertiary/aromatic N) is 3. The summed E-state index contributed by atoms with van der Waals surface area (Å²) in [5.74, 6) is 1.40. The van der Waals surface area contributed by atoms with Gasteiger partial charge in [0.25, 0.3) is 5.56 Å². The van der Waals surface area contributed by atoms with E-state index in [1.54, 1.807) is 36.5 Å². The monoisotopic (exact) mass is 617 g/mol. The van der Waals surface area contributed by atoms with Gasteiger partial charge >= 0.3 is 0 Å². The zero-order valence-corrected chi connectivity index (χ0v) is 23.6. The number of fused-ring (bicyclic) bond motifs is 1. The van der Waals surface area contributed by atoms with Crippen LogP contribution in [0.2, 0.25) is 15.1 Å². The fraction of sp³-hybridized carbons (Fsp3) is 0.250. The lowest BCUT2D eigenvalue weighted by Crippen LogP contribution is -2.25. The summed E-state index contributed by atoms with van der Waals surface area (Å²) >= 11 is 22.3. The van der Waals surface area contributed by atoms with E-state index >= 15 is 0 Å². The van der Waals surface area contributed by atoms with Crippen LogP contribution >= 0.6 is 50.7 Å². The molecule has 0 saturated heterocycles. The first-order valence-corrected chi connectivity index (χ1v) is 13.9. The minimum absolute atomic E-state index is 0.178. The van der Waals surface area contributed by atoms with Gasteiger partial charge in [-0.3, -0.25) is 4.79 Å². The van der Waals surface area contributed by atoms with Gasteiger partial charge in [-0.15, -0.1) is 0 Å². The van der Waals surface area contributed by atoms with Gasteiger partial charge in [0.2, 0.25) is 0 Å². The van der Waals surface area contributed by atoms with Crippen molar-refractivity contribution in [1.29, 1.82) is 0 Å². The normalized spacial score (nSPS) is 14.5. The minimum atomic E-state index is -0.195. The van der Waals surface area contributed by atoms with Crippen LogP contribution in [0.1, 0.15) is 55.0 Å². The molecule has 1 fully saturated rings. The van der Waals surface area contributed by atoms with Crippen LogP contribution in [-0.4, -0.2) is 15.9 Å². The molecule has 0 amide bonds. The SMILES string of the molecule is O=c1c2ccccc2nc(C2CCCCC2)n1N=Cc1cc(Cl)cc(Br)c1OCc1ccc(Cl)cc1Cl. The van der Waals surface area contributed by atoms with Crippen LogP contribution in [-0.2, 0) is 6.61 Å². The zero-order valence-electron chi connectivity index (χ0n) is 19.8. The Kier molecular flexibility index (Phi) is 8.20. The fourth-order valence-electron chi connectivity index (χ4n) is 4.61. The van der Waals surface area contributed by atoms with Crippen molar-refractivity contribution in [3.63, 3.8) is 0 Å². The first-order chi connectivity index (χ1) is 17.9. The second kappa shape index (κ2) is 11.6. The summed E-state index contributed by atoms with van der Waals surface area (Å²) in [7, 11) is 0. The predicted octanol–water partition coefficient (Wildman–Crippen LogP) is 8.63. The maximum absolute atomic E-state index is 13.5. The highest BCUT2D eigenvalue weighted by Gasteiger charge is 2.22. The standard InChI is InChI=1S/C28H23BrCl3N3O2/c29-23-13-21(31)12-19(26(23)37-16-18-10-11-20(30)14-24(18)32)15-33-35-27(17-6-2-1-3-7-17)34-25-9-5-4-8-22(25)28(35)36/h4-5,8-15,17H,1-3,6-7,16H2. The summed E-state index contributed by atoms with van der Waals surface area (Å²) in [6.45, 7) is 0.210. The number of ether oxygens (including phenoxy) is 1. The van der Waals surface area contributed by atoms with Crippen LogP contribution in [0.15, 0.2) is 69.0 Å². The molecule has 1 heterocycles. The zero-order chi connectivity index (χ0) is 25.9. The molecule has 0 spiro atoms. The van der Waals surface area contributed by atoms with Gasteiger partial charge in [0.15, 0.2) is 0 Å². The summed E-state index contributed by atoms with van der Waals surface area (Å²) in [6, 6.07) is 16.1. The van der Waals surface area contributed by atoms with Crippen molar-refractivity contribution >= 4 is 67.9 Å². The summed E-state index contributed by atoms with van der Waals surface area (Å²) in [6.07, 6.45) is 7.00. The summed E-state index contributed by atoms with van der Waals surface area (Å²) in [5.41, 5.74) is 1.89. The molecule has 5 nitrogen and oxygen atoms in total. The van der Waals surface area contributed by atoms with E-state index in [9.17, 15) is 4.79 Å². The Morgan fingerprint density at radius 1 is 1.03 bits per heavy atom. The molecular weight excluding hydrogens is 597 g/mol. The van der Waals surface area contributed by atoms with E-state index < -0.39 is 0 Å². The number of hydrogen-bond donors (Lipinski definition) is 0. The topological polar surface area (TPSA) is 56.5 Å². The number of benzene rings is 3. The van der Waals surface area contributed by atoms with E-state index in [0.29, 0.717) is 47.6 Å². The number of rotatable bonds is 6. The summed E-state index contributed by atoms with van der Waals surface area (Å²) < 4.78 is 8.23. The smallest absolute Gasteiger partial charge is 0.282 e. The van der Waals surface area contributed by atoms with Crippen molar-refractivity contribution in [3.05, 3.63) is 101 Å². The molecule has 37 heavy (non-hydrogen) atoms. The van der Waals surface area contributed by atoms with E-state index in [4.69, 9.17) is 44.5 Å². The Balaban J connectivity index is 1.55. The third-order valence-electron chi connectivity index (χ3n) is 6.49. The molecule has 0 radical (unpaired) electrons. The summed E-state index contributed by atoms with van der Waals surface area (Å²) in [5, 5.41) is 6.74. The molecule has 4 aromatic rings. The van der Waals surface area contributed by atoms with Crippen molar-refractivity contribution in [2.45, 2.75) is 44.6 Å². The van der Waals surface area contributed by atoms with E-state index in [0.717, 1.165) is 31.2 Å². The van der Waals surface area contributed by atoms with Crippen molar-refractivity contribution in [2.24, 2.45) is 5.10 Å². The first kappa shape index (κ1) is 26.2. The third kappa shape index (κ3) is 5.88. The molecule has 0 aliphatic heterocycles. The minimum Gasteiger partial charge on any atom is -0.487 e. The first-order valence-electron chi connectivity index (χ1n) is 12.0. The van der Waals surface area contributed by atoms with Gasteiger partial charge in [0.05, 0.1) is 21.6 Å². The van der Waals surface area contributed by atoms with Crippen molar-refractivity contribution in [2.75, 3.05) is 0 Å². The van der Waals surface area contributed by atoms with Crippen LogP contribution < -0.4 is 10.3 Å². The lowest BCUT2D eigenvalue weighted by molar-refractivity contribution is 0.304. The van der Waals surface area contributed by atoms with Crippen LogP contribution in [0.25, 0.3) is 10.9 Å². The van der Waals surface area contributed by atoms with Crippen LogP contribution in [0.5, 0.6) is 5.75 Å². The quantitative estimate of drug-likeness (QED) is 0.203. The Morgan fingerprint density at radius 3 is 2.59 bits per heavy atom. The van der Waals surface area contributed by atoms with Crippen molar-refractivity contribution < 1.29 is 4.74 Å². The third-order valence-corrected chi connectivity index (χ3v) is 7.88. The number of halogens is 4. The second-order valence-corrected chi connectivity index (χ2v) is 11.1. The number of aromatic nitrogens is 2. The van der Waals surface area contributed by atoms with E-state index in [-0.39, 0.29) is 18.1 Å². The maximum Gasteiger partial charge on any atom is 0.282 e. The maximum atomic E-state index is 13.5. The molecule has 3 aromatic carbocycles. The van der Waals surface area contributed by atoms with Crippen LogP contribution in [0, 0.1) is 0 Å². The number of para-hydroxylation sites is 1. The lowest BCUT2D eigenvalue weighted by Gasteiger charge is -2.22. The van der Waals surface area contributed by atoms with E-state index in [2.05, 4.69) is 21.0 Å². The van der Waals surface area contributed by atoms with Gasteiger partial charge in [0.1, 0.15) is 18.2 Å². The molecule has 0 atom stereocenters. The Morgan fingerprint density at radius 2 is 1.81 bits per heavy atom. The molecule has 1 aromatic heterocycles. The highest BCUT2D eigenvalue weighted by molar-refractivity contribution is 9.10. The van der Waals surface area contributed by atoms with Gasteiger partial charge in [-0.25, -0.2) is 4.98 Å². The molecule has 9 heteroatoms. The average molecular weight is 620 g/mol. The largest absolute Gasteiger partial charge is 0.487 e. The van der Waals surface area contributed by atoms with Gasteiger partial charge in [-0.2, -0.15) is 9.78 Å². The van der Waals surface area contributed by atoms with Crippen molar-refractivity contribution in [1.82, 2.24) is 9.66 Å². The predicted molar refractivity (Wildman–Crippen MR) is 155 cm³/mol. The van der Waals surface area contributed by atoms with Crippen LogP contribution in [0.4, 0.5) is 0 Å². The van der Waals surface area contributed by atoms with Gasteiger partial charge in [-0.1, -0.05) is 72.3 Å². The molecule has 190 valence electrons. The second-order valence-electron chi connectivity index (χ2n) is 9.01. The average Bonchev–Trinajstić information content (AvgIpc) is 2.89. The van der Waals surface area contributed by atoms with Gasteiger partial charge in [-0.05, 0) is 65.2 Å². The molecule has 0 bridgehead atoms. The highest BCUT2D eigenvalue weighted by atomic mass is 79.9. The molecule has 1 aliphatic carbocycles.